The van der Waals surface area contributed by atoms with E-state index in [0.717, 1.165) is 45.2 Å². The number of methoxy groups -OCH3 is 1. The summed E-state index contributed by atoms with van der Waals surface area (Å²) in [7, 11) is 5.74. The highest BCUT2D eigenvalue weighted by Gasteiger charge is 2.25. The Kier molecular flexibility index (Phi) is 12.7. The molecule has 0 radical (unpaired) electrons. The summed E-state index contributed by atoms with van der Waals surface area (Å²) in [4.78, 5) is 9.19. The number of likely N-dealkylation sites (N-methyl/N-ethyl adjacent to an activating group) is 1. The third-order valence-corrected chi connectivity index (χ3v) is 5.17. The van der Waals surface area contributed by atoms with Gasteiger partial charge in [0.1, 0.15) is 0 Å². The van der Waals surface area contributed by atoms with Gasteiger partial charge >= 0.3 is 0 Å². The Labute approximate surface area is 187 Å². The van der Waals surface area contributed by atoms with Gasteiger partial charge in [-0.25, -0.2) is 0 Å². The molecule has 0 spiro atoms. The summed E-state index contributed by atoms with van der Waals surface area (Å²) in [6.45, 7) is 8.24. The average Bonchev–Trinajstić information content (AvgIpc) is 3.15. The molecule has 1 aromatic rings. The van der Waals surface area contributed by atoms with Crippen LogP contribution in [0.4, 0.5) is 0 Å². The first-order valence-corrected chi connectivity index (χ1v) is 9.90. The smallest absolute Gasteiger partial charge is 0.193 e. The maximum absolute atomic E-state index is 5.69. The number of benzene rings is 1. The summed E-state index contributed by atoms with van der Waals surface area (Å²) >= 11 is 0. The lowest BCUT2D eigenvalue weighted by molar-refractivity contribution is 0.0536. The van der Waals surface area contributed by atoms with Crippen LogP contribution < -0.4 is 5.32 Å². The van der Waals surface area contributed by atoms with Crippen LogP contribution in [0, 0.1) is 5.92 Å². The van der Waals surface area contributed by atoms with Crippen molar-refractivity contribution in [3.8, 4) is 0 Å². The zero-order chi connectivity index (χ0) is 19.5. The van der Waals surface area contributed by atoms with Gasteiger partial charge in [-0.05, 0) is 26.0 Å². The number of nitrogens with zero attached hydrogens (tertiary/aromatic N) is 3. The van der Waals surface area contributed by atoms with Crippen LogP contribution in [0.5, 0.6) is 0 Å². The Hall–Kier alpha value is -0.900. The van der Waals surface area contributed by atoms with Crippen molar-refractivity contribution in [2.24, 2.45) is 10.9 Å². The van der Waals surface area contributed by atoms with Gasteiger partial charge in [0.05, 0.1) is 19.8 Å². The third kappa shape index (κ3) is 8.63. The molecule has 0 aromatic heterocycles. The lowest BCUT2D eigenvalue weighted by Gasteiger charge is -2.28. The molecule has 1 fully saturated rings. The van der Waals surface area contributed by atoms with Gasteiger partial charge in [0.2, 0.25) is 0 Å². The van der Waals surface area contributed by atoms with Crippen molar-refractivity contribution in [1.29, 1.82) is 0 Å². The molecule has 2 rings (SSSR count). The highest BCUT2D eigenvalue weighted by atomic mass is 127. The van der Waals surface area contributed by atoms with E-state index in [1.54, 1.807) is 7.11 Å². The van der Waals surface area contributed by atoms with E-state index >= 15 is 0 Å². The van der Waals surface area contributed by atoms with E-state index in [4.69, 9.17) is 9.47 Å². The normalized spacial score (nSPS) is 18.2. The molecule has 6 nitrogen and oxygen atoms in total. The number of ether oxygens (including phenoxy) is 2. The van der Waals surface area contributed by atoms with Crippen LogP contribution in [0.2, 0.25) is 0 Å². The van der Waals surface area contributed by atoms with E-state index in [1.165, 1.54) is 5.56 Å². The third-order valence-electron chi connectivity index (χ3n) is 5.17. The number of hydrogen-bond acceptors (Lipinski definition) is 4. The first-order chi connectivity index (χ1) is 13.1. The van der Waals surface area contributed by atoms with Crippen LogP contribution in [0.15, 0.2) is 35.3 Å². The average molecular weight is 504 g/mol. The molecule has 1 aliphatic rings. The van der Waals surface area contributed by atoms with Crippen molar-refractivity contribution < 1.29 is 9.47 Å². The fraction of sp³-hybridized carbons (Fsp3) is 0.667. The van der Waals surface area contributed by atoms with Gasteiger partial charge in [-0.1, -0.05) is 30.3 Å². The molecule has 0 bridgehead atoms. The molecule has 1 aliphatic heterocycles. The molecule has 0 saturated carbocycles. The standard InChI is InChI=1S/C21H36N4O2.HI/c1-18(24(3)15-19-8-6-5-7-9-19)14-23-21(22-2)25-11-10-20(16-25)17-27-13-12-26-4;/h5-9,18,20H,10-17H2,1-4H3,(H,22,23);1H. The van der Waals surface area contributed by atoms with Crippen LogP contribution in [0.3, 0.4) is 0 Å². The van der Waals surface area contributed by atoms with Gasteiger partial charge in [-0.15, -0.1) is 24.0 Å². The van der Waals surface area contributed by atoms with Crippen LogP contribution in [0.1, 0.15) is 18.9 Å². The molecule has 0 aliphatic carbocycles. The Balaban J connectivity index is 0.00000392. The summed E-state index contributed by atoms with van der Waals surface area (Å²) in [5, 5.41) is 3.55. The second-order valence-corrected chi connectivity index (χ2v) is 7.35. The number of nitrogens with one attached hydrogen (secondary N) is 1. The van der Waals surface area contributed by atoms with Gasteiger partial charge in [0.15, 0.2) is 5.96 Å². The first-order valence-electron chi connectivity index (χ1n) is 9.90. The highest BCUT2D eigenvalue weighted by molar-refractivity contribution is 14.0. The van der Waals surface area contributed by atoms with Crippen molar-refractivity contribution in [2.45, 2.75) is 25.9 Å². The van der Waals surface area contributed by atoms with Crippen molar-refractivity contribution in [3.05, 3.63) is 35.9 Å². The van der Waals surface area contributed by atoms with Gasteiger partial charge in [0, 0.05) is 52.3 Å². The Morgan fingerprint density at radius 2 is 2.07 bits per heavy atom. The molecule has 1 aromatic carbocycles. The lowest BCUT2D eigenvalue weighted by Crippen LogP contribution is -2.46. The van der Waals surface area contributed by atoms with Crippen LogP contribution in [-0.2, 0) is 16.0 Å². The van der Waals surface area contributed by atoms with E-state index in [9.17, 15) is 0 Å². The van der Waals surface area contributed by atoms with E-state index in [0.29, 0.717) is 25.2 Å². The topological polar surface area (TPSA) is 49.3 Å². The van der Waals surface area contributed by atoms with Gasteiger partial charge < -0.3 is 19.7 Å². The molecule has 1 N–H and O–H groups in total. The number of likely N-dealkylation sites (tertiary alicyclic amines) is 1. The predicted molar refractivity (Wildman–Crippen MR) is 127 cm³/mol. The second-order valence-electron chi connectivity index (χ2n) is 7.35. The fourth-order valence-electron chi connectivity index (χ4n) is 3.31. The Morgan fingerprint density at radius 1 is 1.32 bits per heavy atom. The summed E-state index contributed by atoms with van der Waals surface area (Å²) in [6, 6.07) is 11.0. The second kappa shape index (κ2) is 14.1. The van der Waals surface area contributed by atoms with Gasteiger partial charge in [-0.2, -0.15) is 0 Å². The molecule has 0 amide bonds. The molecule has 28 heavy (non-hydrogen) atoms. The zero-order valence-electron chi connectivity index (χ0n) is 17.8. The molecule has 160 valence electrons. The summed E-state index contributed by atoms with van der Waals surface area (Å²) < 4.78 is 10.7. The molecule has 2 atom stereocenters. The van der Waals surface area contributed by atoms with E-state index in [-0.39, 0.29) is 24.0 Å². The van der Waals surface area contributed by atoms with E-state index in [2.05, 4.69) is 64.4 Å². The minimum absolute atomic E-state index is 0. The zero-order valence-corrected chi connectivity index (χ0v) is 20.1. The van der Waals surface area contributed by atoms with Crippen molar-refractivity contribution in [2.75, 3.05) is 60.7 Å². The number of hydrogen-bond donors (Lipinski definition) is 1. The maximum atomic E-state index is 5.69. The fourth-order valence-corrected chi connectivity index (χ4v) is 3.31. The van der Waals surface area contributed by atoms with Crippen molar-refractivity contribution >= 4 is 29.9 Å². The molecule has 1 heterocycles. The summed E-state index contributed by atoms with van der Waals surface area (Å²) in [5.41, 5.74) is 1.34. The minimum atomic E-state index is 0. The van der Waals surface area contributed by atoms with E-state index in [1.807, 2.05) is 7.05 Å². The molecule has 2 unspecified atom stereocenters. The number of rotatable bonds is 10. The van der Waals surface area contributed by atoms with Crippen LogP contribution in [0.25, 0.3) is 0 Å². The number of aliphatic imine (C=N–C) groups is 1. The van der Waals surface area contributed by atoms with E-state index < -0.39 is 0 Å². The minimum Gasteiger partial charge on any atom is -0.382 e. The van der Waals surface area contributed by atoms with Crippen LogP contribution >= 0.6 is 24.0 Å². The molecular weight excluding hydrogens is 467 g/mol. The summed E-state index contributed by atoms with van der Waals surface area (Å²) in [6.07, 6.45) is 1.15. The lowest BCUT2D eigenvalue weighted by atomic mass is 10.1. The van der Waals surface area contributed by atoms with Gasteiger partial charge in [0.25, 0.3) is 0 Å². The van der Waals surface area contributed by atoms with Gasteiger partial charge in [-0.3, -0.25) is 9.89 Å². The number of guanidine groups is 1. The largest absolute Gasteiger partial charge is 0.382 e. The Bertz CT molecular complexity index is 559. The quantitative estimate of drug-likeness (QED) is 0.230. The van der Waals surface area contributed by atoms with Crippen LogP contribution in [-0.4, -0.2) is 82.5 Å². The highest BCUT2D eigenvalue weighted by Crippen LogP contribution is 2.16. The SMILES string of the molecule is CN=C(NCC(C)N(C)Cc1ccccc1)N1CCC(COCCOC)C1.I. The molecule has 7 heteroatoms. The predicted octanol–water partition coefficient (Wildman–Crippen LogP) is 2.69. The maximum Gasteiger partial charge on any atom is 0.193 e. The number of halogens is 1. The molecular formula is C21H37IN4O2. The summed E-state index contributed by atoms with van der Waals surface area (Å²) in [5.74, 6) is 1.56. The first kappa shape index (κ1) is 25.1. The molecule has 1 saturated heterocycles. The van der Waals surface area contributed by atoms with Crippen molar-refractivity contribution in [3.63, 3.8) is 0 Å². The Morgan fingerprint density at radius 3 is 2.75 bits per heavy atom. The van der Waals surface area contributed by atoms with Crippen molar-refractivity contribution in [1.82, 2.24) is 15.1 Å². The monoisotopic (exact) mass is 504 g/mol.